The maximum absolute atomic E-state index is 12.0. The van der Waals surface area contributed by atoms with E-state index in [4.69, 9.17) is 16.3 Å². The topological polar surface area (TPSA) is 79.4 Å². The zero-order valence-corrected chi connectivity index (χ0v) is 16.8. The molecule has 1 aromatic carbocycles. The fourth-order valence-electron chi connectivity index (χ4n) is 3.03. The Morgan fingerprint density at radius 3 is 2.82 bits per heavy atom. The Morgan fingerprint density at radius 1 is 1.21 bits per heavy atom. The van der Waals surface area contributed by atoms with Crippen LogP contribution >= 0.6 is 11.6 Å². The highest BCUT2D eigenvalue weighted by Crippen LogP contribution is 2.17. The third-order valence-corrected chi connectivity index (χ3v) is 4.68. The molecule has 0 bridgehead atoms. The van der Waals surface area contributed by atoms with Crippen molar-refractivity contribution in [3.8, 4) is 0 Å². The summed E-state index contributed by atoms with van der Waals surface area (Å²) in [6.45, 7) is 6.11. The molecule has 2 N–H and O–H groups in total. The molecule has 1 saturated heterocycles. The molecule has 1 aromatic heterocycles. The Kier molecular flexibility index (Phi) is 7.45. The molecule has 1 amide bonds. The largest absolute Gasteiger partial charge is 0.378 e. The van der Waals surface area contributed by atoms with Gasteiger partial charge in [-0.3, -0.25) is 4.79 Å². The van der Waals surface area contributed by atoms with Crippen LogP contribution < -0.4 is 15.5 Å². The highest BCUT2D eigenvalue weighted by Gasteiger charge is 2.14. The van der Waals surface area contributed by atoms with Crippen LogP contribution in [0.4, 0.5) is 11.6 Å². The van der Waals surface area contributed by atoms with Gasteiger partial charge in [0.25, 0.3) is 0 Å². The van der Waals surface area contributed by atoms with Gasteiger partial charge in [0.1, 0.15) is 17.5 Å². The van der Waals surface area contributed by atoms with Gasteiger partial charge in [-0.15, -0.1) is 0 Å². The molecule has 0 unspecified atom stereocenters. The lowest BCUT2D eigenvalue weighted by atomic mass is 10.1. The van der Waals surface area contributed by atoms with Crippen LogP contribution in [0.1, 0.15) is 17.8 Å². The number of aryl methyl sites for hydroxylation is 2. The van der Waals surface area contributed by atoms with Crippen molar-refractivity contribution in [2.45, 2.75) is 19.8 Å². The number of hydrogen-bond donors (Lipinski definition) is 2. The molecule has 28 heavy (non-hydrogen) atoms. The van der Waals surface area contributed by atoms with E-state index in [0.29, 0.717) is 44.2 Å². The quantitative estimate of drug-likeness (QED) is 0.659. The SMILES string of the molecule is Cc1nc(NCCNC(=O)CCc2cccc(Cl)c2)cc(N2CCOCC2)n1. The molecule has 0 aliphatic carbocycles. The average molecular weight is 404 g/mol. The number of halogens is 1. The van der Waals surface area contributed by atoms with Crippen LogP contribution in [0, 0.1) is 6.92 Å². The fourth-order valence-corrected chi connectivity index (χ4v) is 3.24. The minimum atomic E-state index is 0.0228. The first kappa shape index (κ1) is 20.4. The molecule has 0 atom stereocenters. The molecule has 0 saturated carbocycles. The Bertz CT molecular complexity index is 796. The third kappa shape index (κ3) is 6.35. The summed E-state index contributed by atoms with van der Waals surface area (Å²) in [6.07, 6.45) is 1.11. The first-order valence-corrected chi connectivity index (χ1v) is 9.91. The normalized spacial score (nSPS) is 14.0. The van der Waals surface area contributed by atoms with Gasteiger partial charge in [0.2, 0.25) is 5.91 Å². The van der Waals surface area contributed by atoms with Crippen LogP contribution in [0.2, 0.25) is 5.02 Å². The monoisotopic (exact) mass is 403 g/mol. The molecular weight excluding hydrogens is 378 g/mol. The summed E-state index contributed by atoms with van der Waals surface area (Å²) in [5.74, 6) is 2.41. The molecule has 7 nitrogen and oxygen atoms in total. The number of ether oxygens (including phenoxy) is 1. The molecule has 0 spiro atoms. The number of nitrogens with one attached hydrogen (secondary N) is 2. The predicted octanol–water partition coefficient (Wildman–Crippen LogP) is 2.44. The lowest BCUT2D eigenvalue weighted by Gasteiger charge is -2.28. The first-order chi connectivity index (χ1) is 13.6. The van der Waals surface area contributed by atoms with Crippen LogP contribution in [0.3, 0.4) is 0 Å². The van der Waals surface area contributed by atoms with E-state index >= 15 is 0 Å². The summed E-state index contributed by atoms with van der Waals surface area (Å²) in [4.78, 5) is 23.1. The second-order valence-electron chi connectivity index (χ2n) is 6.66. The van der Waals surface area contributed by atoms with Crippen molar-refractivity contribution < 1.29 is 9.53 Å². The predicted molar refractivity (Wildman–Crippen MR) is 111 cm³/mol. The van der Waals surface area contributed by atoms with E-state index < -0.39 is 0 Å². The van der Waals surface area contributed by atoms with Gasteiger partial charge in [-0.2, -0.15) is 0 Å². The fraction of sp³-hybridized carbons (Fsp3) is 0.450. The van der Waals surface area contributed by atoms with E-state index in [-0.39, 0.29) is 5.91 Å². The lowest BCUT2D eigenvalue weighted by Crippen LogP contribution is -2.37. The van der Waals surface area contributed by atoms with E-state index in [1.54, 1.807) is 0 Å². The van der Waals surface area contributed by atoms with Crippen molar-refractivity contribution in [3.63, 3.8) is 0 Å². The molecular formula is C20H26ClN5O2. The second kappa shape index (κ2) is 10.2. The number of carbonyl (C=O) groups excluding carboxylic acids is 1. The minimum Gasteiger partial charge on any atom is -0.378 e. The van der Waals surface area contributed by atoms with Gasteiger partial charge in [-0.25, -0.2) is 9.97 Å². The molecule has 2 aromatic rings. The first-order valence-electron chi connectivity index (χ1n) is 9.53. The van der Waals surface area contributed by atoms with Crippen molar-refractivity contribution in [1.82, 2.24) is 15.3 Å². The summed E-state index contributed by atoms with van der Waals surface area (Å²) in [7, 11) is 0. The Labute approximate surface area is 170 Å². The van der Waals surface area contributed by atoms with Crippen molar-refractivity contribution in [2.24, 2.45) is 0 Å². The standard InChI is InChI=1S/C20H26ClN5O2/c1-15-24-18(14-19(25-15)26-9-11-28-12-10-26)22-7-8-23-20(27)6-5-16-3-2-4-17(21)13-16/h2-4,13-14H,5-12H2,1H3,(H,23,27)(H,22,24,25). The number of nitrogens with zero attached hydrogens (tertiary/aromatic N) is 3. The number of morpholine rings is 1. The summed E-state index contributed by atoms with van der Waals surface area (Å²) >= 11 is 5.96. The average Bonchev–Trinajstić information content (AvgIpc) is 2.70. The van der Waals surface area contributed by atoms with Crippen LogP contribution in [-0.4, -0.2) is 55.3 Å². The lowest BCUT2D eigenvalue weighted by molar-refractivity contribution is -0.120. The number of benzene rings is 1. The number of anilines is 2. The second-order valence-corrected chi connectivity index (χ2v) is 7.10. The molecule has 3 rings (SSSR count). The summed E-state index contributed by atoms with van der Waals surface area (Å²) in [5.41, 5.74) is 1.06. The molecule has 2 heterocycles. The van der Waals surface area contributed by atoms with Gasteiger partial charge in [0, 0.05) is 43.7 Å². The van der Waals surface area contributed by atoms with Crippen molar-refractivity contribution in [3.05, 3.63) is 46.7 Å². The summed E-state index contributed by atoms with van der Waals surface area (Å²) in [5, 5.41) is 6.88. The number of carbonyl (C=O) groups is 1. The molecule has 1 fully saturated rings. The maximum Gasteiger partial charge on any atom is 0.220 e. The molecule has 150 valence electrons. The third-order valence-electron chi connectivity index (χ3n) is 4.44. The number of amides is 1. The van der Waals surface area contributed by atoms with E-state index in [9.17, 15) is 4.79 Å². The molecule has 1 aliphatic rings. The Morgan fingerprint density at radius 2 is 2.04 bits per heavy atom. The van der Waals surface area contributed by atoms with E-state index in [1.807, 2.05) is 37.3 Å². The number of hydrogen-bond acceptors (Lipinski definition) is 6. The van der Waals surface area contributed by atoms with Crippen LogP contribution in [0.5, 0.6) is 0 Å². The Balaban J connectivity index is 1.41. The van der Waals surface area contributed by atoms with Crippen molar-refractivity contribution >= 4 is 29.1 Å². The van der Waals surface area contributed by atoms with E-state index in [2.05, 4.69) is 25.5 Å². The smallest absolute Gasteiger partial charge is 0.220 e. The highest BCUT2D eigenvalue weighted by molar-refractivity contribution is 6.30. The highest BCUT2D eigenvalue weighted by atomic mass is 35.5. The summed E-state index contributed by atoms with van der Waals surface area (Å²) in [6, 6.07) is 9.54. The summed E-state index contributed by atoms with van der Waals surface area (Å²) < 4.78 is 5.39. The van der Waals surface area contributed by atoms with Gasteiger partial charge >= 0.3 is 0 Å². The number of rotatable bonds is 8. The number of aromatic nitrogens is 2. The zero-order chi connectivity index (χ0) is 19.8. The van der Waals surface area contributed by atoms with Gasteiger partial charge in [-0.1, -0.05) is 23.7 Å². The molecule has 1 aliphatic heterocycles. The van der Waals surface area contributed by atoms with E-state index in [0.717, 1.165) is 36.1 Å². The maximum atomic E-state index is 12.0. The Hall–Kier alpha value is -2.38. The van der Waals surface area contributed by atoms with Gasteiger partial charge < -0.3 is 20.3 Å². The minimum absolute atomic E-state index is 0.0228. The van der Waals surface area contributed by atoms with Crippen molar-refractivity contribution in [2.75, 3.05) is 49.6 Å². The molecule has 0 radical (unpaired) electrons. The molecule has 8 heteroatoms. The van der Waals surface area contributed by atoms with Crippen LogP contribution in [0.15, 0.2) is 30.3 Å². The van der Waals surface area contributed by atoms with Crippen molar-refractivity contribution in [1.29, 1.82) is 0 Å². The van der Waals surface area contributed by atoms with Crippen LogP contribution in [0.25, 0.3) is 0 Å². The van der Waals surface area contributed by atoms with Gasteiger partial charge in [-0.05, 0) is 31.0 Å². The van der Waals surface area contributed by atoms with E-state index in [1.165, 1.54) is 0 Å². The van der Waals surface area contributed by atoms with Gasteiger partial charge in [0.05, 0.1) is 13.2 Å². The van der Waals surface area contributed by atoms with Crippen LogP contribution in [-0.2, 0) is 16.0 Å². The van der Waals surface area contributed by atoms with Gasteiger partial charge in [0.15, 0.2) is 0 Å². The zero-order valence-electron chi connectivity index (χ0n) is 16.1.